The van der Waals surface area contributed by atoms with Crippen molar-refractivity contribution < 1.29 is 50.5 Å². The van der Waals surface area contributed by atoms with Crippen LogP contribution in [0.2, 0.25) is 0 Å². The smallest absolute Gasteiger partial charge is 0.416 e. The summed E-state index contributed by atoms with van der Waals surface area (Å²) in [4.78, 5) is 32.4. The first-order valence-corrected chi connectivity index (χ1v) is 14.6. The molecule has 15 heteroatoms. The predicted octanol–water partition coefficient (Wildman–Crippen LogP) is 7.53. The lowest BCUT2D eigenvalue weighted by molar-refractivity contribution is -0.143. The highest BCUT2D eigenvalue weighted by molar-refractivity contribution is 8.18. The van der Waals surface area contributed by atoms with E-state index in [1.807, 2.05) is 25.7 Å². The molecule has 2 heterocycles. The molecule has 2 aliphatic heterocycles. The number of hydrogen-bond donors (Lipinski definition) is 1. The number of carbonyl (C=O) groups excluding carboxylic acids is 1. The summed E-state index contributed by atoms with van der Waals surface area (Å²) in [5, 5.41) is 10.2. The molecule has 0 aliphatic carbocycles. The van der Waals surface area contributed by atoms with Gasteiger partial charge in [0.2, 0.25) is 0 Å². The second-order valence-electron chi connectivity index (χ2n) is 11.4. The van der Waals surface area contributed by atoms with Crippen molar-refractivity contribution in [3.8, 4) is 11.5 Å². The molecule has 0 bridgehead atoms. The number of likely N-dealkylation sites (tertiary alicyclic amines) is 1. The highest BCUT2D eigenvalue weighted by Gasteiger charge is 2.39. The number of amides is 2. The third-order valence-corrected chi connectivity index (χ3v) is 8.29. The summed E-state index contributed by atoms with van der Waals surface area (Å²) in [5.74, 6) is -0.283. The highest BCUT2D eigenvalue weighted by Crippen LogP contribution is 2.39. The number of carboxylic acid groups (broad SMARTS) is 1. The predicted molar refractivity (Wildman–Crippen MR) is 156 cm³/mol. The van der Waals surface area contributed by atoms with Crippen LogP contribution < -0.4 is 9.47 Å². The average Bonchev–Trinajstić information content (AvgIpc) is 3.30. The second kappa shape index (κ2) is 12.9. The van der Waals surface area contributed by atoms with E-state index in [0.29, 0.717) is 47.6 Å². The molecule has 0 saturated carbocycles. The maximum absolute atomic E-state index is 13.5. The maximum Gasteiger partial charge on any atom is 0.416 e. The molecule has 244 valence electrons. The Bertz CT molecular complexity index is 1510. The van der Waals surface area contributed by atoms with Gasteiger partial charge in [-0.1, -0.05) is 12.1 Å². The Morgan fingerprint density at radius 2 is 1.71 bits per heavy atom. The third-order valence-electron chi connectivity index (χ3n) is 7.25. The molecule has 8 nitrogen and oxygen atoms in total. The van der Waals surface area contributed by atoms with E-state index in [2.05, 4.69) is 4.99 Å². The summed E-state index contributed by atoms with van der Waals surface area (Å²) in [5.41, 5.74) is -3.41. The zero-order chi connectivity index (χ0) is 33.3. The quantitative estimate of drug-likeness (QED) is 0.253. The van der Waals surface area contributed by atoms with Gasteiger partial charge in [0.1, 0.15) is 6.61 Å². The highest BCUT2D eigenvalue weighted by atomic mass is 32.2. The number of thioether (sulfide) groups is 1. The van der Waals surface area contributed by atoms with Crippen molar-refractivity contribution in [1.29, 1.82) is 0 Å². The van der Waals surface area contributed by atoms with E-state index in [1.54, 1.807) is 12.1 Å². The minimum Gasteiger partial charge on any atom is -0.493 e. The van der Waals surface area contributed by atoms with Crippen molar-refractivity contribution in [2.75, 3.05) is 20.2 Å². The zero-order valence-corrected chi connectivity index (χ0v) is 25.6. The standard InChI is InChI=1S/C30H31F6N3O5S/c1-28(2,3)39(27(41)42)20-9-11-38(12-10-20)26-37-25(40)24(45-26)14-17-5-8-22(23(13-17)43-4)44-16-18-6-7-19(29(31,32)33)15-21(18)30(34,35)36/h5-8,13-15,20H,9-12,16H2,1-4H3,(H,41,42)/b24-14+. The lowest BCUT2D eigenvalue weighted by Crippen LogP contribution is -2.55. The number of ether oxygens (including phenoxy) is 2. The van der Waals surface area contributed by atoms with E-state index in [-0.39, 0.29) is 23.6 Å². The van der Waals surface area contributed by atoms with Crippen molar-refractivity contribution in [1.82, 2.24) is 9.80 Å². The van der Waals surface area contributed by atoms with E-state index in [4.69, 9.17) is 9.47 Å². The Balaban J connectivity index is 1.43. The Kier molecular flexibility index (Phi) is 9.71. The fourth-order valence-electron chi connectivity index (χ4n) is 5.18. The number of hydrogen-bond acceptors (Lipinski definition) is 6. The van der Waals surface area contributed by atoms with E-state index < -0.39 is 53.2 Å². The Hall–Kier alpha value is -3.88. The molecule has 45 heavy (non-hydrogen) atoms. The minimum absolute atomic E-state index is 0.0449. The molecule has 2 amide bonds. The van der Waals surface area contributed by atoms with Gasteiger partial charge in [0, 0.05) is 30.2 Å². The summed E-state index contributed by atoms with van der Waals surface area (Å²) >= 11 is 1.17. The van der Waals surface area contributed by atoms with E-state index in [1.165, 1.54) is 35.9 Å². The van der Waals surface area contributed by atoms with Gasteiger partial charge in [0.05, 0.1) is 23.1 Å². The number of piperidine rings is 1. The maximum atomic E-state index is 13.5. The molecule has 0 unspecified atom stereocenters. The van der Waals surface area contributed by atoms with Crippen molar-refractivity contribution in [2.45, 2.75) is 64.2 Å². The van der Waals surface area contributed by atoms with Crippen molar-refractivity contribution in [3.63, 3.8) is 0 Å². The molecule has 0 aromatic heterocycles. The fourth-order valence-corrected chi connectivity index (χ4v) is 6.15. The van der Waals surface area contributed by atoms with Gasteiger partial charge in [-0.2, -0.15) is 31.3 Å². The second-order valence-corrected chi connectivity index (χ2v) is 12.4. The molecular weight excluding hydrogens is 628 g/mol. The summed E-state index contributed by atoms with van der Waals surface area (Å²) in [7, 11) is 1.31. The largest absolute Gasteiger partial charge is 0.493 e. The van der Waals surface area contributed by atoms with Gasteiger partial charge in [0.25, 0.3) is 5.91 Å². The molecule has 0 radical (unpaired) electrons. The number of halogens is 6. The molecule has 1 saturated heterocycles. The number of benzene rings is 2. The molecule has 4 rings (SSSR count). The Morgan fingerprint density at radius 3 is 2.27 bits per heavy atom. The molecule has 1 fully saturated rings. The van der Waals surface area contributed by atoms with Crippen LogP contribution in [0, 0.1) is 0 Å². The molecule has 2 aliphatic rings. The monoisotopic (exact) mass is 659 g/mol. The normalized spacial score (nSPS) is 17.5. The van der Waals surface area contributed by atoms with Crippen LogP contribution >= 0.6 is 11.8 Å². The molecule has 2 aromatic rings. The number of carbonyl (C=O) groups is 2. The molecule has 2 aromatic carbocycles. The van der Waals surface area contributed by atoms with E-state index in [0.717, 1.165) is 6.07 Å². The van der Waals surface area contributed by atoms with Crippen molar-refractivity contribution in [2.24, 2.45) is 4.99 Å². The van der Waals surface area contributed by atoms with Crippen LogP contribution in [0.3, 0.4) is 0 Å². The van der Waals surface area contributed by atoms with Crippen molar-refractivity contribution in [3.05, 3.63) is 63.6 Å². The number of alkyl halides is 6. The number of nitrogens with zero attached hydrogens (tertiary/aromatic N) is 3. The SMILES string of the molecule is COc1cc(/C=C2/SC(N3CCC(N(C(=O)O)C(C)(C)C)CC3)=NC2=O)ccc1OCc1ccc(C(F)(F)F)cc1C(F)(F)F. The van der Waals surface area contributed by atoms with Crippen LogP contribution in [0.4, 0.5) is 31.1 Å². The lowest BCUT2D eigenvalue weighted by Gasteiger charge is -2.43. The molecule has 0 atom stereocenters. The first kappa shape index (κ1) is 34.0. The topological polar surface area (TPSA) is 91.7 Å². The van der Waals surface area contributed by atoms with Crippen LogP contribution in [0.25, 0.3) is 6.08 Å². The summed E-state index contributed by atoms with van der Waals surface area (Å²) < 4.78 is 90.3. The number of aliphatic imine (C=N–C) groups is 1. The van der Waals surface area contributed by atoms with Gasteiger partial charge < -0.3 is 24.4 Å². The van der Waals surface area contributed by atoms with Crippen LogP contribution in [-0.2, 0) is 23.8 Å². The van der Waals surface area contributed by atoms with Crippen LogP contribution in [0.15, 0.2) is 46.3 Å². The molecule has 0 spiro atoms. The minimum atomic E-state index is -5.03. The summed E-state index contributed by atoms with van der Waals surface area (Å²) in [6, 6.07) is 5.65. The Morgan fingerprint density at radius 1 is 1.04 bits per heavy atom. The molecule has 1 N–H and O–H groups in total. The number of amidine groups is 1. The van der Waals surface area contributed by atoms with Crippen LogP contribution in [0.1, 0.15) is 55.9 Å². The number of methoxy groups -OCH3 is 1. The first-order chi connectivity index (χ1) is 20.9. The lowest BCUT2D eigenvalue weighted by atomic mass is 9.97. The van der Waals surface area contributed by atoms with E-state index >= 15 is 0 Å². The van der Waals surface area contributed by atoms with Crippen molar-refractivity contribution >= 4 is 35.0 Å². The van der Waals surface area contributed by atoms with Crippen LogP contribution in [0.5, 0.6) is 11.5 Å². The van der Waals surface area contributed by atoms with Gasteiger partial charge >= 0.3 is 18.4 Å². The van der Waals surface area contributed by atoms with Gasteiger partial charge in [-0.15, -0.1) is 0 Å². The number of rotatable bonds is 6. The van der Waals surface area contributed by atoms with Gasteiger partial charge in [-0.3, -0.25) is 4.79 Å². The summed E-state index contributed by atoms with van der Waals surface area (Å²) in [6.07, 6.45) is -8.23. The van der Waals surface area contributed by atoms with Gasteiger partial charge in [-0.05, 0) is 81.3 Å². The zero-order valence-electron chi connectivity index (χ0n) is 24.8. The van der Waals surface area contributed by atoms with E-state index in [9.17, 15) is 41.0 Å². The van der Waals surface area contributed by atoms with Gasteiger partial charge in [0.15, 0.2) is 16.7 Å². The molecular formula is C30H31F6N3O5S. The third kappa shape index (κ3) is 8.05. The van der Waals surface area contributed by atoms with Crippen LogP contribution in [-0.4, -0.2) is 63.9 Å². The first-order valence-electron chi connectivity index (χ1n) is 13.8. The van der Waals surface area contributed by atoms with Gasteiger partial charge in [-0.25, -0.2) is 4.79 Å². The Labute approximate surface area is 259 Å². The average molecular weight is 660 g/mol. The summed E-state index contributed by atoms with van der Waals surface area (Å²) in [6.45, 7) is 5.90. The fraction of sp³-hybridized carbons (Fsp3) is 0.433.